The van der Waals surface area contributed by atoms with Crippen LogP contribution in [0, 0.1) is 0 Å². The molecule has 2 heterocycles. The molecule has 0 spiro atoms. The van der Waals surface area contributed by atoms with Crippen molar-refractivity contribution < 1.29 is 33.7 Å². The van der Waals surface area contributed by atoms with Crippen LogP contribution in [0.3, 0.4) is 0 Å². The summed E-state index contributed by atoms with van der Waals surface area (Å²) >= 11 is 23.0. The highest BCUT2D eigenvalue weighted by atomic mass is 35.5. The molecule has 0 saturated carbocycles. The number of nitrogens with one attached hydrogen (secondary N) is 2. The number of alkyl halides is 2. The van der Waals surface area contributed by atoms with Gasteiger partial charge in [0.05, 0.1) is 33.2 Å². The standard InChI is InChI=1S/2C9H11Cl2N3O4S2/c2*1-14-9(4-10)13-6-2-5(11)7(19(12,15)16)3-8(6)20(14,17)18/h2*2-3,9,13H,4H2,1H3,(H2,12,15,16). The zero-order valence-corrected chi connectivity index (χ0v) is 26.6. The molecule has 22 heteroatoms. The lowest BCUT2D eigenvalue weighted by molar-refractivity contribution is 0.411. The molecule has 0 saturated heterocycles. The molecule has 40 heavy (non-hydrogen) atoms. The Morgan fingerprint density at radius 3 is 1.27 bits per heavy atom. The number of rotatable bonds is 4. The predicted octanol–water partition coefficient (Wildman–Crippen LogP) is 1.20. The largest absolute Gasteiger partial charge is 0.367 e. The highest BCUT2D eigenvalue weighted by Crippen LogP contribution is 2.38. The normalized spacial score (nSPS) is 22.1. The van der Waals surface area contributed by atoms with Gasteiger partial charge in [-0.1, -0.05) is 23.2 Å². The summed E-state index contributed by atoms with van der Waals surface area (Å²) in [4.78, 5) is -1.31. The molecule has 0 amide bonds. The van der Waals surface area contributed by atoms with Crippen molar-refractivity contribution >= 4 is 97.9 Å². The average Bonchev–Trinajstić information content (AvgIpc) is 2.82. The first-order valence-electron chi connectivity index (χ1n) is 10.5. The Morgan fingerprint density at radius 1 is 0.725 bits per heavy atom. The lowest BCUT2D eigenvalue weighted by atomic mass is 10.3. The molecule has 224 valence electrons. The van der Waals surface area contributed by atoms with Crippen LogP contribution in [0.15, 0.2) is 43.8 Å². The summed E-state index contributed by atoms with van der Waals surface area (Å²) in [6.07, 6.45) is -1.30. The minimum atomic E-state index is -4.12. The van der Waals surface area contributed by atoms with Crippen molar-refractivity contribution in [2.24, 2.45) is 10.3 Å². The number of benzene rings is 2. The Kier molecular flexibility index (Phi) is 9.58. The molecule has 2 aliphatic heterocycles. The van der Waals surface area contributed by atoms with Crippen LogP contribution in [0.1, 0.15) is 0 Å². The number of anilines is 2. The highest BCUT2D eigenvalue weighted by Gasteiger charge is 2.38. The fourth-order valence-corrected chi connectivity index (χ4v) is 9.57. The summed E-state index contributed by atoms with van der Waals surface area (Å²) in [6.45, 7) is 0. The first kappa shape index (κ1) is 33.3. The Balaban J connectivity index is 0.000000220. The SMILES string of the molecule is CN1C(CCl)Nc2cc(Cl)c(S(N)(=O)=O)cc2S1(=O)=O.CN1C(CCl)Nc2cc(Cl)c(S(N)(=O)=O)cc2S1(=O)=O. The van der Waals surface area contributed by atoms with Gasteiger partial charge in [-0.2, -0.15) is 8.61 Å². The fraction of sp³-hybridized carbons (Fsp3) is 0.333. The summed E-state index contributed by atoms with van der Waals surface area (Å²) in [6, 6.07) is 4.30. The second kappa shape index (κ2) is 11.5. The van der Waals surface area contributed by atoms with Gasteiger partial charge in [-0.05, 0) is 24.3 Å². The van der Waals surface area contributed by atoms with Crippen molar-refractivity contribution in [3.8, 4) is 0 Å². The second-order valence-corrected chi connectivity index (χ2v) is 16.7. The minimum Gasteiger partial charge on any atom is -0.367 e. The van der Waals surface area contributed by atoms with Crippen molar-refractivity contribution in [3.05, 3.63) is 34.3 Å². The quantitative estimate of drug-likeness (QED) is 0.331. The van der Waals surface area contributed by atoms with Gasteiger partial charge in [0.2, 0.25) is 40.1 Å². The van der Waals surface area contributed by atoms with E-state index in [-0.39, 0.29) is 43.0 Å². The van der Waals surface area contributed by atoms with E-state index in [9.17, 15) is 33.7 Å². The minimum absolute atomic E-state index is 0.0176. The molecule has 0 radical (unpaired) electrons. The van der Waals surface area contributed by atoms with Crippen molar-refractivity contribution in [1.82, 2.24) is 8.61 Å². The second-order valence-electron chi connectivity index (χ2n) is 8.32. The number of hydrogen-bond donors (Lipinski definition) is 4. The molecular weight excluding hydrogens is 698 g/mol. The summed E-state index contributed by atoms with van der Waals surface area (Å²) in [7, 11) is -13.3. The van der Waals surface area contributed by atoms with Crippen molar-refractivity contribution in [3.63, 3.8) is 0 Å². The van der Waals surface area contributed by atoms with Crippen LogP contribution >= 0.6 is 46.4 Å². The third-order valence-corrected chi connectivity index (χ3v) is 13.0. The van der Waals surface area contributed by atoms with E-state index in [2.05, 4.69) is 10.6 Å². The van der Waals surface area contributed by atoms with Crippen LogP contribution in [0.25, 0.3) is 0 Å². The van der Waals surface area contributed by atoms with Crippen LogP contribution < -0.4 is 20.9 Å². The van der Waals surface area contributed by atoms with E-state index < -0.39 is 62.2 Å². The van der Waals surface area contributed by atoms with E-state index in [1.807, 2.05) is 0 Å². The fourth-order valence-electron chi connectivity index (χ4n) is 3.62. The Labute approximate surface area is 251 Å². The summed E-state index contributed by atoms with van der Waals surface area (Å²) in [5, 5.41) is 15.4. The first-order chi connectivity index (χ1) is 18.2. The van der Waals surface area contributed by atoms with Gasteiger partial charge >= 0.3 is 0 Å². The van der Waals surface area contributed by atoms with Crippen LogP contribution in [-0.2, 0) is 40.1 Å². The van der Waals surface area contributed by atoms with E-state index >= 15 is 0 Å². The van der Waals surface area contributed by atoms with Gasteiger partial charge in [0.1, 0.15) is 31.9 Å². The lowest BCUT2D eigenvalue weighted by Gasteiger charge is -2.33. The molecule has 2 aliphatic rings. The molecule has 0 aromatic heterocycles. The molecule has 2 unspecified atom stereocenters. The van der Waals surface area contributed by atoms with Crippen LogP contribution in [0.5, 0.6) is 0 Å². The number of hydrogen-bond acceptors (Lipinski definition) is 10. The summed E-state index contributed by atoms with van der Waals surface area (Å²) in [5.74, 6) is 0.0352. The summed E-state index contributed by atoms with van der Waals surface area (Å²) < 4.78 is 96.9. The number of nitrogens with two attached hydrogens (primary N) is 2. The smallest absolute Gasteiger partial charge is 0.246 e. The van der Waals surface area contributed by atoms with E-state index in [0.29, 0.717) is 0 Å². The van der Waals surface area contributed by atoms with E-state index in [1.54, 1.807) is 0 Å². The number of primary sulfonamides is 2. The van der Waals surface area contributed by atoms with Gasteiger partial charge in [-0.25, -0.2) is 43.9 Å². The zero-order valence-electron chi connectivity index (χ0n) is 20.3. The zero-order chi connectivity index (χ0) is 30.6. The van der Waals surface area contributed by atoms with E-state index in [4.69, 9.17) is 56.7 Å². The van der Waals surface area contributed by atoms with E-state index in [0.717, 1.165) is 20.7 Å². The van der Waals surface area contributed by atoms with E-state index in [1.165, 1.54) is 26.2 Å². The Hall–Kier alpha value is -1.16. The number of halogens is 4. The van der Waals surface area contributed by atoms with Crippen molar-refractivity contribution in [1.29, 1.82) is 0 Å². The third kappa shape index (κ3) is 6.28. The van der Waals surface area contributed by atoms with Gasteiger partial charge in [-0.15, -0.1) is 23.2 Å². The van der Waals surface area contributed by atoms with Crippen LogP contribution in [0.2, 0.25) is 10.0 Å². The number of sulfonamides is 4. The average molecular weight is 720 g/mol. The maximum Gasteiger partial charge on any atom is 0.246 e. The number of nitrogens with zero attached hydrogens (tertiary/aromatic N) is 2. The van der Waals surface area contributed by atoms with Gasteiger partial charge in [0.15, 0.2) is 0 Å². The maximum absolute atomic E-state index is 12.3. The van der Waals surface area contributed by atoms with Crippen molar-refractivity contribution in [2.75, 3.05) is 36.5 Å². The van der Waals surface area contributed by atoms with Gasteiger partial charge in [0, 0.05) is 14.1 Å². The molecular formula is C18H22Cl4N6O8S4. The Bertz CT molecular complexity index is 1660. The molecule has 0 aliphatic carbocycles. The van der Waals surface area contributed by atoms with Crippen LogP contribution in [-0.4, -0.2) is 80.5 Å². The monoisotopic (exact) mass is 718 g/mol. The predicted molar refractivity (Wildman–Crippen MR) is 152 cm³/mol. The molecule has 0 bridgehead atoms. The lowest BCUT2D eigenvalue weighted by Crippen LogP contribution is -2.47. The molecule has 6 N–H and O–H groups in total. The van der Waals surface area contributed by atoms with Gasteiger partial charge in [-0.3, -0.25) is 0 Å². The van der Waals surface area contributed by atoms with Gasteiger partial charge < -0.3 is 10.6 Å². The molecule has 0 fully saturated rings. The maximum atomic E-state index is 12.3. The topological polar surface area (TPSA) is 219 Å². The summed E-state index contributed by atoms with van der Waals surface area (Å²) in [5.41, 5.74) is 0.373. The van der Waals surface area contributed by atoms with Crippen molar-refractivity contribution in [2.45, 2.75) is 31.9 Å². The third-order valence-electron chi connectivity index (χ3n) is 5.81. The number of fused-ring (bicyclic) bond motifs is 2. The Morgan fingerprint density at radius 2 is 1.02 bits per heavy atom. The van der Waals surface area contributed by atoms with Crippen LogP contribution in [0.4, 0.5) is 11.4 Å². The first-order valence-corrected chi connectivity index (χ1v) is 18.3. The molecule has 2 atom stereocenters. The highest BCUT2D eigenvalue weighted by molar-refractivity contribution is 7.90. The van der Waals surface area contributed by atoms with Gasteiger partial charge in [0.25, 0.3) is 0 Å². The molecule has 2 aromatic carbocycles. The molecule has 4 rings (SSSR count). The molecule has 14 nitrogen and oxygen atoms in total. The molecule has 2 aromatic rings.